The van der Waals surface area contributed by atoms with Gasteiger partial charge in [-0.2, -0.15) is 0 Å². The Bertz CT molecular complexity index is 1080. The molecule has 1 aliphatic heterocycles. The predicted octanol–water partition coefficient (Wildman–Crippen LogP) is 1.91. The number of fused-ring (bicyclic) bond motifs is 2. The van der Waals surface area contributed by atoms with Gasteiger partial charge in [-0.3, -0.25) is 19.2 Å². The van der Waals surface area contributed by atoms with E-state index in [9.17, 15) is 24.0 Å². The summed E-state index contributed by atoms with van der Waals surface area (Å²) in [6.45, 7) is 10.4. The molecule has 0 aliphatic carbocycles. The van der Waals surface area contributed by atoms with Gasteiger partial charge in [0.1, 0.15) is 28.4 Å². The molecule has 0 fully saturated rings. The van der Waals surface area contributed by atoms with Crippen molar-refractivity contribution in [1.29, 1.82) is 0 Å². The van der Waals surface area contributed by atoms with E-state index < -0.39 is 41.5 Å². The highest BCUT2D eigenvalue weighted by molar-refractivity contribution is 8.13. The largest absolute Gasteiger partial charge is 0.456 e. The van der Waals surface area contributed by atoms with E-state index in [0.29, 0.717) is 17.2 Å². The number of esters is 1. The van der Waals surface area contributed by atoms with Crippen LogP contribution in [0.1, 0.15) is 69.9 Å². The van der Waals surface area contributed by atoms with E-state index in [0.717, 1.165) is 11.8 Å². The summed E-state index contributed by atoms with van der Waals surface area (Å²) < 4.78 is 5.66. The van der Waals surface area contributed by atoms with Crippen molar-refractivity contribution in [3.05, 3.63) is 28.2 Å². The molecule has 2 rings (SSSR count). The van der Waals surface area contributed by atoms with Crippen LogP contribution < -0.4 is 21.7 Å². The van der Waals surface area contributed by atoms with Gasteiger partial charge in [0.05, 0.1) is 19.0 Å². The molecule has 11 nitrogen and oxygen atoms in total. The van der Waals surface area contributed by atoms with E-state index in [-0.39, 0.29) is 41.5 Å². The van der Waals surface area contributed by atoms with Crippen LogP contribution in [-0.4, -0.2) is 63.3 Å². The smallest absolute Gasteiger partial charge is 0.329 e. The summed E-state index contributed by atoms with van der Waals surface area (Å²) in [6, 6.07) is -1.55. The molecule has 216 valence electrons. The average molecular weight is 582 g/mol. The maximum absolute atomic E-state index is 13.1. The second kappa shape index (κ2) is 14.6. The van der Waals surface area contributed by atoms with Crippen molar-refractivity contribution in [3.63, 3.8) is 0 Å². The summed E-state index contributed by atoms with van der Waals surface area (Å²) in [5.74, 6) is -2.01. The Morgan fingerprint density at radius 1 is 1.26 bits per heavy atom. The Balaban J connectivity index is 2.22. The molecule has 1 aromatic heterocycles. The number of nitrogens with zero attached hydrogens (tertiary/aromatic N) is 1. The number of ether oxygens (including phenoxy) is 1. The van der Waals surface area contributed by atoms with Crippen LogP contribution in [-0.2, 0) is 30.5 Å². The van der Waals surface area contributed by atoms with Crippen molar-refractivity contribution in [2.45, 2.75) is 84.7 Å². The molecule has 39 heavy (non-hydrogen) atoms. The van der Waals surface area contributed by atoms with Gasteiger partial charge in [-0.25, -0.2) is 9.78 Å². The first-order chi connectivity index (χ1) is 18.2. The van der Waals surface area contributed by atoms with Gasteiger partial charge >= 0.3 is 5.97 Å². The molecule has 0 aromatic carbocycles. The van der Waals surface area contributed by atoms with Crippen LogP contribution in [0.3, 0.4) is 0 Å². The van der Waals surface area contributed by atoms with Crippen molar-refractivity contribution in [2.24, 2.45) is 17.6 Å². The Morgan fingerprint density at radius 3 is 2.59 bits per heavy atom. The molecule has 0 unspecified atom stereocenters. The molecule has 1 aliphatic rings. The number of carbonyl (C=O) groups is 5. The van der Waals surface area contributed by atoms with E-state index in [4.69, 9.17) is 10.5 Å². The topological polar surface area (TPSA) is 170 Å². The number of amides is 3. The predicted molar refractivity (Wildman–Crippen MR) is 151 cm³/mol. The monoisotopic (exact) mass is 581 g/mol. The van der Waals surface area contributed by atoms with Crippen molar-refractivity contribution in [3.8, 4) is 0 Å². The fourth-order valence-corrected chi connectivity index (χ4v) is 5.00. The summed E-state index contributed by atoms with van der Waals surface area (Å²) in [6.07, 6.45) is 2.80. The lowest BCUT2D eigenvalue weighted by atomic mass is 9.99. The fraction of sp³-hybridized carbons (Fsp3) is 0.615. The van der Waals surface area contributed by atoms with Crippen LogP contribution in [0.5, 0.6) is 0 Å². The van der Waals surface area contributed by atoms with E-state index >= 15 is 0 Å². The number of allylic oxidation sites excluding steroid dienone is 1. The first kappa shape index (κ1) is 32.4. The third-order valence-electron chi connectivity index (χ3n) is 5.95. The number of thioether (sulfide) groups is 1. The Kier molecular flexibility index (Phi) is 12.1. The third-order valence-corrected chi connectivity index (χ3v) is 7.79. The van der Waals surface area contributed by atoms with Crippen LogP contribution in [0.2, 0.25) is 0 Å². The number of rotatable bonds is 7. The summed E-state index contributed by atoms with van der Waals surface area (Å²) in [5.41, 5.74) is 4.67. The number of nitrogens with two attached hydrogens (primary N) is 1. The summed E-state index contributed by atoms with van der Waals surface area (Å²) in [4.78, 5) is 67.9. The lowest BCUT2D eigenvalue weighted by molar-refractivity contribution is -0.153. The van der Waals surface area contributed by atoms with Crippen molar-refractivity contribution >= 4 is 51.9 Å². The zero-order valence-electron chi connectivity index (χ0n) is 23.2. The van der Waals surface area contributed by atoms with Crippen LogP contribution in [0.15, 0.2) is 17.5 Å². The first-order valence-corrected chi connectivity index (χ1v) is 14.7. The maximum Gasteiger partial charge on any atom is 0.329 e. The molecular formula is C26H39N5O6S2. The van der Waals surface area contributed by atoms with Gasteiger partial charge in [-0.1, -0.05) is 45.5 Å². The zero-order valence-corrected chi connectivity index (χ0v) is 24.9. The second-order valence-corrected chi connectivity index (χ2v) is 12.6. The van der Waals surface area contributed by atoms with E-state index in [2.05, 4.69) is 20.9 Å². The van der Waals surface area contributed by atoms with Crippen molar-refractivity contribution in [1.82, 2.24) is 20.9 Å². The lowest BCUT2D eigenvalue weighted by Gasteiger charge is -2.29. The number of carbonyl (C=O) groups excluding carboxylic acids is 5. The number of hydrogen-bond acceptors (Lipinski definition) is 10. The molecule has 2 heterocycles. The highest BCUT2D eigenvalue weighted by Gasteiger charge is 2.36. The minimum absolute atomic E-state index is 0.0454. The minimum Gasteiger partial charge on any atom is -0.456 e. The number of aromatic nitrogens is 1. The minimum atomic E-state index is -1.34. The van der Waals surface area contributed by atoms with Gasteiger partial charge in [0, 0.05) is 11.1 Å². The number of cyclic esters (lactones) is 1. The molecule has 2 bridgehead atoms. The number of nitrogens with one attached hydrogen (secondary N) is 3. The van der Waals surface area contributed by atoms with Gasteiger partial charge in [0.15, 0.2) is 0 Å². The molecule has 5 N–H and O–H groups in total. The molecule has 0 saturated carbocycles. The number of thiazole rings is 1. The Morgan fingerprint density at radius 2 is 1.95 bits per heavy atom. The summed E-state index contributed by atoms with van der Waals surface area (Å²) in [5, 5.41) is 10.0. The van der Waals surface area contributed by atoms with Gasteiger partial charge in [0.25, 0.3) is 5.91 Å². The molecule has 0 radical (unpaired) electrons. The van der Waals surface area contributed by atoms with E-state index in [1.165, 1.54) is 25.2 Å². The Hall–Kier alpha value is -2.77. The van der Waals surface area contributed by atoms with Crippen LogP contribution in [0, 0.1) is 11.8 Å². The fourth-order valence-electron chi connectivity index (χ4n) is 3.36. The molecule has 1 aromatic rings. The molecule has 0 spiro atoms. The average Bonchev–Trinajstić information content (AvgIpc) is 3.33. The van der Waals surface area contributed by atoms with E-state index in [1.807, 2.05) is 13.8 Å². The third kappa shape index (κ3) is 10.0. The SMILES string of the molecule is CC(C)[C@@H]1NC(=O)C(C)(C)NC(=O)c2csc(n2)CNC(=O)C[C@@H](/C=C/CCSC(=O)[C@H](N)C(C)C)OC1=O. The molecular weight excluding hydrogens is 542 g/mol. The summed E-state index contributed by atoms with van der Waals surface area (Å²) >= 11 is 2.34. The van der Waals surface area contributed by atoms with Gasteiger partial charge in [-0.05, 0) is 38.2 Å². The molecule has 3 amide bonds. The molecule has 13 heteroatoms. The molecule has 3 atom stereocenters. The summed E-state index contributed by atoms with van der Waals surface area (Å²) in [7, 11) is 0. The van der Waals surface area contributed by atoms with Crippen molar-refractivity contribution in [2.75, 3.05) is 5.75 Å². The standard InChI is InChI=1S/C26H39N5O6S2/c1-14(2)20(27)24(35)38-10-8-7-9-16-11-18(32)28-12-19-29-17(13-39-19)22(33)31-26(5,6)25(36)30-21(15(3)4)23(34)37-16/h7,9,13-16,20-21H,8,10-12,27H2,1-6H3,(H,28,32)(H,30,36)(H,31,33)/b9-7+/t16-,20-,21+/m1/s1. The molecule has 0 saturated heterocycles. The van der Waals surface area contributed by atoms with Gasteiger partial charge < -0.3 is 26.4 Å². The number of hydrogen-bond donors (Lipinski definition) is 4. The van der Waals surface area contributed by atoms with Gasteiger partial charge in [0.2, 0.25) is 16.9 Å². The van der Waals surface area contributed by atoms with Gasteiger partial charge in [-0.15, -0.1) is 11.3 Å². The van der Waals surface area contributed by atoms with Crippen LogP contribution in [0.25, 0.3) is 0 Å². The van der Waals surface area contributed by atoms with E-state index in [1.54, 1.807) is 31.4 Å². The quantitative estimate of drug-likeness (QED) is 0.213. The van der Waals surface area contributed by atoms with Crippen LogP contribution >= 0.6 is 23.1 Å². The maximum atomic E-state index is 13.1. The Labute approximate surface area is 237 Å². The highest BCUT2D eigenvalue weighted by atomic mass is 32.2. The second-order valence-electron chi connectivity index (χ2n) is 10.5. The zero-order chi connectivity index (χ0) is 29.3. The lowest BCUT2D eigenvalue weighted by Crippen LogP contribution is -2.59. The first-order valence-electron chi connectivity index (χ1n) is 12.8. The normalized spacial score (nSPS) is 21.9. The van der Waals surface area contributed by atoms with Crippen molar-refractivity contribution < 1.29 is 28.7 Å². The van der Waals surface area contributed by atoms with Crippen LogP contribution in [0.4, 0.5) is 0 Å². The highest BCUT2D eigenvalue weighted by Crippen LogP contribution is 2.16.